The number of hydrogen-bond acceptors (Lipinski definition) is 3. The van der Waals surface area contributed by atoms with Crippen LogP contribution < -0.4 is 5.73 Å². The molecule has 1 unspecified atom stereocenters. The number of amidine groups is 1. The van der Waals surface area contributed by atoms with Gasteiger partial charge in [0.15, 0.2) is 0 Å². The van der Waals surface area contributed by atoms with Gasteiger partial charge in [0.05, 0.1) is 0 Å². The van der Waals surface area contributed by atoms with Gasteiger partial charge in [0.2, 0.25) is 0 Å². The number of rotatable bonds is 4. The molecule has 0 aromatic rings. The molecule has 1 aliphatic heterocycles. The highest BCUT2D eigenvalue weighted by atomic mass is 16.4. The van der Waals surface area contributed by atoms with Crippen LogP contribution in [0.1, 0.15) is 39.0 Å². The fourth-order valence-electron chi connectivity index (χ4n) is 2.00. The minimum atomic E-state index is 0.342. The molecule has 3 N–H and O–H groups in total. The first-order valence-electron chi connectivity index (χ1n) is 5.44. The first-order valence-corrected chi connectivity index (χ1v) is 5.44. The normalized spacial score (nSPS) is 25.2. The lowest BCUT2D eigenvalue weighted by atomic mass is 10.0. The van der Waals surface area contributed by atoms with Crippen LogP contribution in [0.3, 0.4) is 0 Å². The summed E-state index contributed by atoms with van der Waals surface area (Å²) in [5.41, 5.74) is 5.40. The lowest BCUT2D eigenvalue weighted by Crippen LogP contribution is -2.38. The van der Waals surface area contributed by atoms with Gasteiger partial charge in [0, 0.05) is 12.5 Å². The van der Waals surface area contributed by atoms with Crippen LogP contribution >= 0.6 is 0 Å². The Morgan fingerprint density at radius 1 is 1.57 bits per heavy atom. The van der Waals surface area contributed by atoms with E-state index < -0.39 is 0 Å². The third-order valence-corrected chi connectivity index (χ3v) is 2.95. The van der Waals surface area contributed by atoms with E-state index in [2.05, 4.69) is 17.0 Å². The number of hydrogen-bond donors (Lipinski definition) is 2. The van der Waals surface area contributed by atoms with E-state index in [4.69, 9.17) is 10.9 Å². The zero-order valence-electron chi connectivity index (χ0n) is 8.95. The summed E-state index contributed by atoms with van der Waals surface area (Å²) in [6.07, 6.45) is 5.66. The van der Waals surface area contributed by atoms with Crippen molar-refractivity contribution in [2.75, 3.05) is 13.1 Å². The molecule has 0 saturated carbocycles. The smallest absolute Gasteiger partial charge is 0.139 e. The summed E-state index contributed by atoms with van der Waals surface area (Å²) >= 11 is 0. The Morgan fingerprint density at radius 3 is 3.00 bits per heavy atom. The van der Waals surface area contributed by atoms with Gasteiger partial charge in [-0.2, -0.15) is 0 Å². The highest BCUT2D eigenvalue weighted by Crippen LogP contribution is 2.16. The van der Waals surface area contributed by atoms with Crippen LogP contribution in [0.4, 0.5) is 0 Å². The fourth-order valence-corrected chi connectivity index (χ4v) is 2.00. The van der Waals surface area contributed by atoms with Crippen LogP contribution in [0, 0.1) is 0 Å². The molecule has 1 saturated heterocycles. The van der Waals surface area contributed by atoms with Crippen molar-refractivity contribution in [2.45, 2.75) is 45.1 Å². The monoisotopic (exact) mass is 199 g/mol. The van der Waals surface area contributed by atoms with Crippen molar-refractivity contribution in [1.82, 2.24) is 4.90 Å². The van der Waals surface area contributed by atoms with E-state index in [1.807, 2.05) is 0 Å². The van der Waals surface area contributed by atoms with Gasteiger partial charge in [-0.25, -0.2) is 0 Å². The van der Waals surface area contributed by atoms with E-state index in [-0.39, 0.29) is 0 Å². The predicted octanol–water partition coefficient (Wildman–Crippen LogP) is 1.39. The Hall–Kier alpha value is -0.770. The average Bonchev–Trinajstić information content (AvgIpc) is 2.20. The summed E-state index contributed by atoms with van der Waals surface area (Å²) in [7, 11) is 0. The van der Waals surface area contributed by atoms with Crippen molar-refractivity contribution in [3.05, 3.63) is 0 Å². The minimum Gasteiger partial charge on any atom is -0.409 e. The number of oxime groups is 1. The molecule has 0 bridgehead atoms. The molecule has 1 rings (SSSR count). The van der Waals surface area contributed by atoms with Gasteiger partial charge in [-0.3, -0.25) is 0 Å². The second-order valence-electron chi connectivity index (χ2n) is 4.08. The third-order valence-electron chi connectivity index (χ3n) is 2.95. The molecule has 1 heterocycles. The quantitative estimate of drug-likeness (QED) is 0.311. The number of piperidine rings is 1. The number of likely N-dealkylation sites (tertiary alicyclic amines) is 1. The Labute approximate surface area is 85.8 Å². The fraction of sp³-hybridized carbons (Fsp3) is 0.900. The lowest BCUT2D eigenvalue weighted by Gasteiger charge is -2.33. The molecule has 0 aliphatic carbocycles. The highest BCUT2D eigenvalue weighted by Gasteiger charge is 2.17. The molecule has 14 heavy (non-hydrogen) atoms. The standard InChI is InChI=1S/C10H21N3O/c1-9-5-2-3-7-13(9)8-4-6-10(11)12-14/h9,14H,2-8H2,1H3,(H2,11,12). The van der Waals surface area contributed by atoms with E-state index in [1.165, 1.54) is 25.8 Å². The van der Waals surface area contributed by atoms with E-state index >= 15 is 0 Å². The van der Waals surface area contributed by atoms with E-state index in [1.54, 1.807) is 0 Å². The largest absolute Gasteiger partial charge is 0.409 e. The van der Waals surface area contributed by atoms with Gasteiger partial charge in [-0.05, 0) is 39.3 Å². The highest BCUT2D eigenvalue weighted by molar-refractivity contribution is 5.79. The van der Waals surface area contributed by atoms with Crippen molar-refractivity contribution in [1.29, 1.82) is 0 Å². The maximum atomic E-state index is 8.37. The van der Waals surface area contributed by atoms with E-state index in [0.29, 0.717) is 18.3 Å². The number of nitrogens with two attached hydrogens (primary N) is 1. The summed E-state index contributed by atoms with van der Waals surface area (Å²) in [6.45, 7) is 4.55. The first-order chi connectivity index (χ1) is 6.74. The maximum absolute atomic E-state index is 8.37. The molecule has 0 radical (unpaired) electrons. The molecule has 0 aromatic carbocycles. The molecular weight excluding hydrogens is 178 g/mol. The molecule has 0 spiro atoms. The summed E-state index contributed by atoms with van der Waals surface area (Å²) in [6, 6.07) is 0.705. The maximum Gasteiger partial charge on any atom is 0.139 e. The molecule has 4 heteroatoms. The van der Waals surface area contributed by atoms with Crippen LogP contribution in [0.15, 0.2) is 5.16 Å². The van der Waals surface area contributed by atoms with Gasteiger partial charge < -0.3 is 15.8 Å². The summed E-state index contributed by atoms with van der Waals surface area (Å²) < 4.78 is 0. The lowest BCUT2D eigenvalue weighted by molar-refractivity contribution is 0.160. The van der Waals surface area contributed by atoms with Crippen molar-refractivity contribution in [3.63, 3.8) is 0 Å². The van der Waals surface area contributed by atoms with Crippen molar-refractivity contribution in [2.24, 2.45) is 10.9 Å². The summed E-state index contributed by atoms with van der Waals surface area (Å²) in [5, 5.41) is 11.3. The predicted molar refractivity (Wildman–Crippen MR) is 57.5 cm³/mol. The van der Waals surface area contributed by atoms with Gasteiger partial charge in [0.1, 0.15) is 5.84 Å². The summed E-state index contributed by atoms with van der Waals surface area (Å²) in [5.74, 6) is 0.342. The van der Waals surface area contributed by atoms with Crippen LogP contribution in [0.25, 0.3) is 0 Å². The topological polar surface area (TPSA) is 61.8 Å². The zero-order valence-corrected chi connectivity index (χ0v) is 8.95. The molecule has 0 aromatic heterocycles. The zero-order chi connectivity index (χ0) is 10.4. The second-order valence-corrected chi connectivity index (χ2v) is 4.08. The van der Waals surface area contributed by atoms with Gasteiger partial charge >= 0.3 is 0 Å². The third kappa shape index (κ3) is 3.54. The van der Waals surface area contributed by atoms with E-state index in [9.17, 15) is 0 Å². The van der Waals surface area contributed by atoms with Crippen LogP contribution in [-0.4, -0.2) is 35.1 Å². The average molecular weight is 199 g/mol. The molecule has 82 valence electrons. The minimum absolute atomic E-state index is 0.342. The Bertz CT molecular complexity index is 194. The first kappa shape index (κ1) is 11.3. The van der Waals surface area contributed by atoms with Crippen molar-refractivity contribution in [3.8, 4) is 0 Å². The van der Waals surface area contributed by atoms with Gasteiger partial charge in [-0.1, -0.05) is 11.6 Å². The van der Waals surface area contributed by atoms with Gasteiger partial charge in [0.25, 0.3) is 0 Å². The Morgan fingerprint density at radius 2 is 2.36 bits per heavy atom. The van der Waals surface area contributed by atoms with Crippen LogP contribution in [0.5, 0.6) is 0 Å². The van der Waals surface area contributed by atoms with Crippen molar-refractivity contribution >= 4 is 5.84 Å². The van der Waals surface area contributed by atoms with Crippen LogP contribution in [0.2, 0.25) is 0 Å². The molecule has 0 amide bonds. The Balaban J connectivity index is 2.16. The molecule has 1 fully saturated rings. The van der Waals surface area contributed by atoms with Gasteiger partial charge in [-0.15, -0.1) is 0 Å². The molecular formula is C10H21N3O. The number of nitrogens with zero attached hydrogens (tertiary/aromatic N) is 2. The summed E-state index contributed by atoms with van der Waals surface area (Å²) in [4.78, 5) is 2.49. The second kappa shape index (κ2) is 5.86. The molecule has 1 aliphatic rings. The molecule has 1 atom stereocenters. The molecule has 4 nitrogen and oxygen atoms in total. The SMILES string of the molecule is CC1CCCCN1CCC/C(N)=N/O. The van der Waals surface area contributed by atoms with E-state index in [0.717, 1.165) is 13.0 Å². The van der Waals surface area contributed by atoms with Crippen LogP contribution in [-0.2, 0) is 0 Å². The Kier molecular flexibility index (Phi) is 4.73. The van der Waals surface area contributed by atoms with Crippen molar-refractivity contribution < 1.29 is 5.21 Å².